The Bertz CT molecular complexity index is 976. The van der Waals surface area contributed by atoms with Gasteiger partial charge < -0.3 is 10.6 Å². The largest absolute Gasteiger partial charge is 0.326 e. The Morgan fingerprint density at radius 3 is 2.07 bits per heavy atom. The Balaban J connectivity index is 1.47. The molecule has 0 bridgehead atoms. The van der Waals surface area contributed by atoms with E-state index < -0.39 is 0 Å². The summed E-state index contributed by atoms with van der Waals surface area (Å²) in [5, 5.41) is 5.69. The van der Waals surface area contributed by atoms with Gasteiger partial charge in [-0.1, -0.05) is 60.2 Å². The van der Waals surface area contributed by atoms with E-state index in [0.717, 1.165) is 11.1 Å². The van der Waals surface area contributed by atoms with Gasteiger partial charge in [-0.3, -0.25) is 9.59 Å². The second kappa shape index (κ2) is 10.0. The minimum absolute atomic E-state index is 0.0355. The molecule has 2 amide bonds. The summed E-state index contributed by atoms with van der Waals surface area (Å²) in [4.78, 5) is 24.2. The average Bonchev–Trinajstić information content (AvgIpc) is 2.74. The van der Waals surface area contributed by atoms with Gasteiger partial charge in [-0.05, 0) is 54.8 Å². The van der Waals surface area contributed by atoms with E-state index in [-0.39, 0.29) is 11.8 Å². The highest BCUT2D eigenvalue weighted by Gasteiger charge is 2.04. The van der Waals surface area contributed by atoms with Gasteiger partial charge in [-0.15, -0.1) is 0 Å². The summed E-state index contributed by atoms with van der Waals surface area (Å²) in [6.45, 7) is 2.02. The van der Waals surface area contributed by atoms with Crippen molar-refractivity contribution >= 4 is 29.3 Å². The highest BCUT2D eigenvalue weighted by molar-refractivity contribution is 6.02. The molecular weight excluding hydrogens is 360 g/mol. The van der Waals surface area contributed by atoms with Crippen LogP contribution in [0.5, 0.6) is 0 Å². The molecule has 3 aromatic carbocycles. The number of nitrogens with one attached hydrogen (secondary N) is 2. The summed E-state index contributed by atoms with van der Waals surface area (Å²) >= 11 is 0. The molecule has 0 heterocycles. The second-order valence-electron chi connectivity index (χ2n) is 6.84. The highest BCUT2D eigenvalue weighted by Crippen LogP contribution is 2.15. The van der Waals surface area contributed by atoms with Gasteiger partial charge in [-0.25, -0.2) is 0 Å². The molecular formula is C25H24N2O2. The van der Waals surface area contributed by atoms with Crippen LogP contribution in [0.2, 0.25) is 0 Å². The zero-order valence-corrected chi connectivity index (χ0v) is 16.4. The maximum atomic E-state index is 12.1. The molecule has 0 aromatic heterocycles. The summed E-state index contributed by atoms with van der Waals surface area (Å²) < 4.78 is 0. The van der Waals surface area contributed by atoms with Gasteiger partial charge in [0.1, 0.15) is 0 Å². The normalized spacial score (nSPS) is 10.7. The first kappa shape index (κ1) is 20.1. The molecule has 0 aliphatic heterocycles. The zero-order valence-electron chi connectivity index (χ0n) is 16.4. The summed E-state index contributed by atoms with van der Waals surface area (Å²) in [6.07, 6.45) is 4.40. The Morgan fingerprint density at radius 1 is 0.793 bits per heavy atom. The quantitative estimate of drug-likeness (QED) is 0.549. The lowest BCUT2D eigenvalue weighted by atomic mass is 10.1. The predicted molar refractivity (Wildman–Crippen MR) is 119 cm³/mol. The molecule has 0 aliphatic carbocycles. The summed E-state index contributed by atoms with van der Waals surface area (Å²) in [7, 11) is 0. The molecule has 0 fully saturated rings. The molecule has 0 saturated heterocycles. The standard InChI is InChI=1S/C25H24N2O2/c1-19-7-9-21(10-8-19)12-18-25(29)27-23-15-13-22(14-16-23)26-24(28)17-11-20-5-3-2-4-6-20/h2-10,12-16,18H,11,17H2,1H3,(H,26,28)(H,27,29)/b18-12+. The van der Waals surface area contributed by atoms with E-state index in [0.29, 0.717) is 24.2 Å². The highest BCUT2D eigenvalue weighted by atomic mass is 16.2. The number of anilines is 2. The van der Waals surface area contributed by atoms with Crippen molar-refractivity contribution < 1.29 is 9.59 Å². The van der Waals surface area contributed by atoms with E-state index in [1.807, 2.05) is 61.5 Å². The molecule has 3 aromatic rings. The number of carbonyl (C=O) groups excluding carboxylic acids is 2. The molecule has 0 atom stereocenters. The van der Waals surface area contributed by atoms with Gasteiger partial charge >= 0.3 is 0 Å². The first-order chi connectivity index (χ1) is 14.1. The van der Waals surface area contributed by atoms with Crippen LogP contribution in [0.1, 0.15) is 23.1 Å². The molecule has 0 aliphatic rings. The maximum Gasteiger partial charge on any atom is 0.248 e. The van der Waals surface area contributed by atoms with Crippen LogP contribution in [0.4, 0.5) is 11.4 Å². The lowest BCUT2D eigenvalue weighted by Crippen LogP contribution is -2.12. The first-order valence-electron chi connectivity index (χ1n) is 9.58. The summed E-state index contributed by atoms with van der Waals surface area (Å²) in [5.41, 5.74) is 4.67. The number of aryl methyl sites for hydroxylation is 2. The fourth-order valence-electron chi connectivity index (χ4n) is 2.80. The third-order valence-corrected chi connectivity index (χ3v) is 4.42. The second-order valence-corrected chi connectivity index (χ2v) is 6.84. The third-order valence-electron chi connectivity index (χ3n) is 4.42. The number of hydrogen-bond donors (Lipinski definition) is 2. The van der Waals surface area contributed by atoms with E-state index in [9.17, 15) is 9.59 Å². The number of amides is 2. The van der Waals surface area contributed by atoms with Crippen LogP contribution in [0.15, 0.2) is 84.9 Å². The van der Waals surface area contributed by atoms with Crippen molar-refractivity contribution in [1.29, 1.82) is 0 Å². The average molecular weight is 384 g/mol. The van der Waals surface area contributed by atoms with Crippen molar-refractivity contribution in [2.24, 2.45) is 0 Å². The first-order valence-corrected chi connectivity index (χ1v) is 9.58. The van der Waals surface area contributed by atoms with Crippen LogP contribution in [-0.2, 0) is 16.0 Å². The van der Waals surface area contributed by atoms with Crippen LogP contribution in [0, 0.1) is 6.92 Å². The van der Waals surface area contributed by atoms with Crippen molar-refractivity contribution in [3.05, 3.63) is 102 Å². The van der Waals surface area contributed by atoms with Gasteiger partial charge in [0, 0.05) is 23.9 Å². The van der Waals surface area contributed by atoms with Crippen molar-refractivity contribution in [2.45, 2.75) is 19.8 Å². The van der Waals surface area contributed by atoms with Crippen LogP contribution in [-0.4, -0.2) is 11.8 Å². The topological polar surface area (TPSA) is 58.2 Å². The lowest BCUT2D eigenvalue weighted by Gasteiger charge is -2.07. The van der Waals surface area contributed by atoms with E-state index in [1.165, 1.54) is 11.6 Å². The molecule has 0 saturated carbocycles. The van der Waals surface area contributed by atoms with Gasteiger partial charge in [0.25, 0.3) is 0 Å². The molecule has 29 heavy (non-hydrogen) atoms. The van der Waals surface area contributed by atoms with Crippen molar-refractivity contribution in [3.8, 4) is 0 Å². The van der Waals surface area contributed by atoms with Crippen LogP contribution in [0.3, 0.4) is 0 Å². The summed E-state index contributed by atoms with van der Waals surface area (Å²) in [5.74, 6) is -0.239. The molecule has 4 heteroatoms. The minimum atomic E-state index is -0.203. The smallest absolute Gasteiger partial charge is 0.248 e. The fraction of sp³-hybridized carbons (Fsp3) is 0.120. The Kier molecular flexibility index (Phi) is 6.95. The molecule has 4 nitrogen and oxygen atoms in total. The number of rotatable bonds is 7. The molecule has 146 valence electrons. The van der Waals surface area contributed by atoms with E-state index >= 15 is 0 Å². The van der Waals surface area contributed by atoms with Gasteiger partial charge in [0.05, 0.1) is 0 Å². The van der Waals surface area contributed by atoms with Crippen molar-refractivity contribution in [2.75, 3.05) is 10.6 Å². The molecule has 0 radical (unpaired) electrons. The minimum Gasteiger partial charge on any atom is -0.326 e. The van der Waals surface area contributed by atoms with Gasteiger partial charge in [-0.2, -0.15) is 0 Å². The lowest BCUT2D eigenvalue weighted by molar-refractivity contribution is -0.116. The van der Waals surface area contributed by atoms with E-state index in [1.54, 1.807) is 30.3 Å². The number of benzene rings is 3. The van der Waals surface area contributed by atoms with Gasteiger partial charge in [0.15, 0.2) is 0 Å². The third kappa shape index (κ3) is 6.78. The predicted octanol–water partition coefficient (Wildman–Crippen LogP) is 5.22. The Labute approximate surface area is 171 Å². The van der Waals surface area contributed by atoms with E-state index in [2.05, 4.69) is 10.6 Å². The number of hydrogen-bond acceptors (Lipinski definition) is 2. The zero-order chi connectivity index (χ0) is 20.5. The molecule has 2 N–H and O–H groups in total. The van der Waals surface area contributed by atoms with Crippen molar-refractivity contribution in [1.82, 2.24) is 0 Å². The van der Waals surface area contributed by atoms with Crippen LogP contribution < -0.4 is 10.6 Å². The molecule has 3 rings (SSSR count). The summed E-state index contributed by atoms with van der Waals surface area (Å²) in [6, 6.07) is 25.0. The van der Waals surface area contributed by atoms with Crippen LogP contribution >= 0.6 is 0 Å². The molecule has 0 unspecified atom stereocenters. The van der Waals surface area contributed by atoms with E-state index in [4.69, 9.17) is 0 Å². The monoisotopic (exact) mass is 384 g/mol. The van der Waals surface area contributed by atoms with Gasteiger partial charge in [0.2, 0.25) is 11.8 Å². The SMILES string of the molecule is Cc1ccc(/C=C/C(=O)Nc2ccc(NC(=O)CCc3ccccc3)cc2)cc1. The fourth-order valence-corrected chi connectivity index (χ4v) is 2.80. The Hall–Kier alpha value is -3.66. The molecule has 0 spiro atoms. The van der Waals surface area contributed by atoms with Crippen molar-refractivity contribution in [3.63, 3.8) is 0 Å². The maximum absolute atomic E-state index is 12.1. The van der Waals surface area contributed by atoms with Crippen LogP contribution in [0.25, 0.3) is 6.08 Å². The Morgan fingerprint density at radius 2 is 1.41 bits per heavy atom. The number of carbonyl (C=O) groups is 2.